The number of benzene rings is 1. The summed E-state index contributed by atoms with van der Waals surface area (Å²) in [5.74, 6) is 1.67. The van der Waals surface area contributed by atoms with Crippen molar-refractivity contribution in [2.24, 2.45) is 0 Å². The number of hydrogen-bond acceptors (Lipinski definition) is 5. The van der Waals surface area contributed by atoms with E-state index in [1.54, 1.807) is 7.11 Å². The fourth-order valence-electron chi connectivity index (χ4n) is 3.63. The highest BCUT2D eigenvalue weighted by atomic mass is 79.9. The first-order valence-electron chi connectivity index (χ1n) is 9.80. The van der Waals surface area contributed by atoms with E-state index in [-0.39, 0.29) is 0 Å². The van der Waals surface area contributed by atoms with Crippen molar-refractivity contribution in [1.29, 1.82) is 0 Å². The van der Waals surface area contributed by atoms with Crippen LogP contribution >= 0.6 is 15.9 Å². The number of halogens is 1. The van der Waals surface area contributed by atoms with Crippen LogP contribution in [0.25, 0.3) is 0 Å². The zero-order valence-corrected chi connectivity index (χ0v) is 17.4. The summed E-state index contributed by atoms with van der Waals surface area (Å²) in [6, 6.07) is 4.14. The van der Waals surface area contributed by atoms with E-state index < -0.39 is 0 Å². The molecule has 0 spiro atoms. The average Bonchev–Trinajstić information content (AvgIpc) is 3.17. The maximum atomic E-state index is 6.15. The van der Waals surface area contributed by atoms with Crippen LogP contribution in [0.1, 0.15) is 37.7 Å². The molecule has 146 valence electrons. The molecule has 1 N–H and O–H groups in total. The van der Waals surface area contributed by atoms with Gasteiger partial charge in [0.05, 0.1) is 26.4 Å². The van der Waals surface area contributed by atoms with Gasteiger partial charge in [-0.3, -0.25) is 4.90 Å². The lowest BCUT2D eigenvalue weighted by Crippen LogP contribution is -2.37. The lowest BCUT2D eigenvalue weighted by molar-refractivity contribution is 0.0374. The molecule has 0 atom stereocenters. The van der Waals surface area contributed by atoms with E-state index in [2.05, 4.69) is 38.3 Å². The Balaban J connectivity index is 1.46. The predicted octanol–water partition coefficient (Wildman–Crippen LogP) is 3.59. The molecule has 6 heteroatoms. The van der Waals surface area contributed by atoms with Crippen molar-refractivity contribution in [3.63, 3.8) is 0 Å². The van der Waals surface area contributed by atoms with E-state index in [1.807, 2.05) is 0 Å². The second-order valence-corrected chi connectivity index (χ2v) is 7.96. The number of nitrogens with zero attached hydrogens (tertiary/aromatic N) is 1. The fourth-order valence-corrected chi connectivity index (χ4v) is 4.09. The average molecular weight is 427 g/mol. The fraction of sp³-hybridized carbons (Fsp3) is 0.700. The molecule has 2 aliphatic rings. The molecule has 1 aliphatic heterocycles. The quantitative estimate of drug-likeness (QED) is 0.611. The van der Waals surface area contributed by atoms with Gasteiger partial charge in [-0.25, -0.2) is 0 Å². The summed E-state index contributed by atoms with van der Waals surface area (Å²) >= 11 is 3.69. The predicted molar refractivity (Wildman–Crippen MR) is 107 cm³/mol. The minimum Gasteiger partial charge on any atom is -0.493 e. The molecule has 0 bridgehead atoms. The highest BCUT2D eigenvalue weighted by Gasteiger charge is 2.19. The van der Waals surface area contributed by atoms with Crippen LogP contribution in [0.15, 0.2) is 16.6 Å². The summed E-state index contributed by atoms with van der Waals surface area (Å²) in [7, 11) is 1.71. The molecule has 2 fully saturated rings. The number of methoxy groups -OCH3 is 1. The van der Waals surface area contributed by atoms with Crippen LogP contribution in [0.3, 0.4) is 0 Å². The number of hydrogen-bond donors (Lipinski definition) is 1. The van der Waals surface area contributed by atoms with Crippen molar-refractivity contribution < 1.29 is 14.2 Å². The van der Waals surface area contributed by atoms with Crippen LogP contribution in [0, 0.1) is 0 Å². The standard InChI is InChI=1S/C20H31BrN2O3/c1-24-19-13-16(15-22-7-4-8-23-9-11-25-12-10-23)18(21)14-20(19)26-17-5-2-3-6-17/h13-14,17,22H,2-12,15H2,1H3. The van der Waals surface area contributed by atoms with Gasteiger partial charge in [-0.15, -0.1) is 0 Å². The molecular weight excluding hydrogens is 396 g/mol. The Labute approximate surface area is 165 Å². The van der Waals surface area contributed by atoms with Gasteiger partial charge in [0, 0.05) is 24.1 Å². The molecule has 0 amide bonds. The Morgan fingerprint density at radius 1 is 1.19 bits per heavy atom. The molecule has 1 saturated carbocycles. The minimum absolute atomic E-state index is 0.333. The van der Waals surface area contributed by atoms with E-state index in [0.29, 0.717) is 6.10 Å². The second kappa shape index (κ2) is 10.5. The third kappa shape index (κ3) is 5.84. The molecule has 0 aromatic heterocycles. The van der Waals surface area contributed by atoms with Gasteiger partial charge in [0.25, 0.3) is 0 Å². The van der Waals surface area contributed by atoms with Gasteiger partial charge >= 0.3 is 0 Å². The monoisotopic (exact) mass is 426 g/mol. The summed E-state index contributed by atoms with van der Waals surface area (Å²) in [6.07, 6.45) is 6.30. The first kappa shape index (κ1) is 19.9. The molecule has 1 heterocycles. The van der Waals surface area contributed by atoms with Crippen molar-refractivity contribution in [2.45, 2.75) is 44.8 Å². The highest BCUT2D eigenvalue weighted by Crippen LogP contribution is 2.36. The Bertz CT molecular complexity index is 558. The molecule has 0 radical (unpaired) electrons. The zero-order valence-electron chi connectivity index (χ0n) is 15.8. The SMILES string of the molecule is COc1cc(CNCCCN2CCOCC2)c(Br)cc1OC1CCCC1. The smallest absolute Gasteiger partial charge is 0.162 e. The van der Waals surface area contributed by atoms with Crippen LogP contribution in [0.2, 0.25) is 0 Å². The Morgan fingerprint density at radius 3 is 2.69 bits per heavy atom. The van der Waals surface area contributed by atoms with Gasteiger partial charge in [0.1, 0.15) is 0 Å². The van der Waals surface area contributed by atoms with E-state index in [4.69, 9.17) is 14.2 Å². The summed E-state index contributed by atoms with van der Waals surface area (Å²) in [5.41, 5.74) is 1.20. The Kier molecular flexibility index (Phi) is 8.05. The van der Waals surface area contributed by atoms with E-state index in [0.717, 1.165) is 81.2 Å². The second-order valence-electron chi connectivity index (χ2n) is 7.10. The molecule has 5 nitrogen and oxygen atoms in total. The maximum absolute atomic E-state index is 6.15. The molecule has 1 aromatic carbocycles. The van der Waals surface area contributed by atoms with Crippen LogP contribution in [-0.4, -0.2) is 57.5 Å². The van der Waals surface area contributed by atoms with Crippen molar-refractivity contribution in [3.8, 4) is 11.5 Å². The van der Waals surface area contributed by atoms with E-state index >= 15 is 0 Å². The summed E-state index contributed by atoms with van der Waals surface area (Å²) in [5, 5.41) is 3.54. The molecule has 3 rings (SSSR count). The number of nitrogens with one attached hydrogen (secondary N) is 1. The van der Waals surface area contributed by atoms with Gasteiger partial charge in [-0.2, -0.15) is 0 Å². The van der Waals surface area contributed by atoms with Crippen molar-refractivity contribution in [2.75, 3.05) is 46.5 Å². The molecule has 1 aromatic rings. The third-order valence-electron chi connectivity index (χ3n) is 5.18. The first-order chi connectivity index (χ1) is 12.8. The van der Waals surface area contributed by atoms with Gasteiger partial charge in [0.15, 0.2) is 11.5 Å². The highest BCUT2D eigenvalue weighted by molar-refractivity contribution is 9.10. The summed E-state index contributed by atoms with van der Waals surface area (Å²) < 4.78 is 18.2. The van der Waals surface area contributed by atoms with Crippen LogP contribution in [-0.2, 0) is 11.3 Å². The molecule has 26 heavy (non-hydrogen) atoms. The normalized spacial score (nSPS) is 19.0. The van der Waals surface area contributed by atoms with Gasteiger partial charge < -0.3 is 19.5 Å². The van der Waals surface area contributed by atoms with Gasteiger partial charge in [-0.05, 0) is 62.9 Å². The molecule has 1 aliphatic carbocycles. The van der Waals surface area contributed by atoms with Crippen LogP contribution in [0.5, 0.6) is 11.5 Å². The zero-order chi connectivity index (χ0) is 18.2. The van der Waals surface area contributed by atoms with Crippen LogP contribution < -0.4 is 14.8 Å². The number of rotatable bonds is 9. The summed E-state index contributed by atoms with van der Waals surface area (Å²) in [6.45, 7) is 6.83. The van der Waals surface area contributed by atoms with Crippen molar-refractivity contribution in [1.82, 2.24) is 10.2 Å². The lowest BCUT2D eigenvalue weighted by atomic mass is 10.2. The Morgan fingerprint density at radius 2 is 1.96 bits per heavy atom. The third-order valence-corrected chi connectivity index (χ3v) is 5.91. The number of morpholine rings is 1. The topological polar surface area (TPSA) is 43.0 Å². The van der Waals surface area contributed by atoms with Gasteiger partial charge in [-0.1, -0.05) is 15.9 Å². The largest absolute Gasteiger partial charge is 0.493 e. The minimum atomic E-state index is 0.333. The van der Waals surface area contributed by atoms with Crippen molar-refractivity contribution in [3.05, 3.63) is 22.2 Å². The molecular formula is C20H31BrN2O3. The van der Waals surface area contributed by atoms with Gasteiger partial charge in [0.2, 0.25) is 0 Å². The molecule has 1 saturated heterocycles. The molecule has 0 unspecified atom stereocenters. The maximum Gasteiger partial charge on any atom is 0.162 e. The number of ether oxygens (including phenoxy) is 3. The Hall–Kier alpha value is -0.820. The lowest BCUT2D eigenvalue weighted by Gasteiger charge is -2.26. The summed E-state index contributed by atoms with van der Waals surface area (Å²) in [4.78, 5) is 2.47. The van der Waals surface area contributed by atoms with E-state index in [9.17, 15) is 0 Å². The van der Waals surface area contributed by atoms with Crippen LogP contribution in [0.4, 0.5) is 0 Å². The van der Waals surface area contributed by atoms with E-state index in [1.165, 1.54) is 18.4 Å². The van der Waals surface area contributed by atoms with Crippen molar-refractivity contribution >= 4 is 15.9 Å². The first-order valence-corrected chi connectivity index (χ1v) is 10.6.